The van der Waals surface area contributed by atoms with E-state index in [0.29, 0.717) is 0 Å². The van der Waals surface area contributed by atoms with Crippen molar-refractivity contribution >= 4 is 17.3 Å². The molecule has 0 bridgehead atoms. The highest BCUT2D eigenvalue weighted by Gasteiger charge is 2.21. The van der Waals surface area contributed by atoms with Crippen LogP contribution in [0.15, 0.2) is 17.5 Å². The maximum absolute atomic E-state index is 10.5. The maximum atomic E-state index is 10.5. The van der Waals surface area contributed by atoms with Gasteiger partial charge < -0.3 is 10.8 Å². The fourth-order valence-electron chi connectivity index (χ4n) is 0.941. The third-order valence-corrected chi connectivity index (χ3v) is 2.89. The van der Waals surface area contributed by atoms with E-state index in [4.69, 9.17) is 10.8 Å². The lowest BCUT2D eigenvalue weighted by Crippen LogP contribution is -2.34. The van der Waals surface area contributed by atoms with Crippen molar-refractivity contribution in [2.75, 3.05) is 0 Å². The van der Waals surface area contributed by atoms with Crippen molar-refractivity contribution in [3.8, 4) is 0 Å². The van der Waals surface area contributed by atoms with E-state index in [0.717, 1.165) is 4.88 Å². The van der Waals surface area contributed by atoms with Crippen LogP contribution in [0.5, 0.6) is 0 Å². The fourth-order valence-corrected chi connectivity index (χ4v) is 1.77. The molecule has 1 aromatic rings. The molecule has 12 heavy (non-hydrogen) atoms. The zero-order chi connectivity index (χ0) is 9.14. The van der Waals surface area contributed by atoms with Gasteiger partial charge in [-0.1, -0.05) is 13.0 Å². The first-order chi connectivity index (χ1) is 5.63. The van der Waals surface area contributed by atoms with Crippen molar-refractivity contribution in [1.82, 2.24) is 0 Å². The molecule has 3 N–H and O–H groups in total. The SMILES string of the molecule is CC(c1cccs1)C(N)C(=O)O. The zero-order valence-electron chi connectivity index (χ0n) is 6.73. The summed E-state index contributed by atoms with van der Waals surface area (Å²) >= 11 is 1.53. The minimum Gasteiger partial charge on any atom is -0.480 e. The van der Waals surface area contributed by atoms with E-state index < -0.39 is 12.0 Å². The van der Waals surface area contributed by atoms with Gasteiger partial charge in [-0.25, -0.2) is 0 Å². The fraction of sp³-hybridized carbons (Fsp3) is 0.375. The summed E-state index contributed by atoms with van der Waals surface area (Å²) in [5, 5.41) is 10.5. The van der Waals surface area contributed by atoms with Crippen LogP contribution in [0.1, 0.15) is 17.7 Å². The number of carbonyl (C=O) groups is 1. The van der Waals surface area contributed by atoms with Crippen LogP contribution >= 0.6 is 11.3 Å². The summed E-state index contributed by atoms with van der Waals surface area (Å²) < 4.78 is 0. The van der Waals surface area contributed by atoms with Gasteiger partial charge in [-0.3, -0.25) is 4.79 Å². The molecule has 0 aliphatic carbocycles. The van der Waals surface area contributed by atoms with Crippen LogP contribution in [0.4, 0.5) is 0 Å². The Hall–Kier alpha value is -0.870. The third-order valence-electron chi connectivity index (χ3n) is 1.82. The summed E-state index contributed by atoms with van der Waals surface area (Å²) in [6.45, 7) is 1.82. The number of carboxylic acids is 1. The Labute approximate surface area is 74.8 Å². The van der Waals surface area contributed by atoms with Gasteiger partial charge in [-0.2, -0.15) is 0 Å². The topological polar surface area (TPSA) is 63.3 Å². The second-order valence-corrected chi connectivity index (χ2v) is 3.65. The van der Waals surface area contributed by atoms with Gasteiger partial charge in [-0.15, -0.1) is 11.3 Å². The molecule has 0 fully saturated rings. The number of thiophene rings is 1. The predicted octanol–water partition coefficient (Wildman–Crippen LogP) is 1.26. The Kier molecular flexibility index (Phi) is 2.83. The van der Waals surface area contributed by atoms with Crippen molar-refractivity contribution in [1.29, 1.82) is 0 Å². The van der Waals surface area contributed by atoms with Gasteiger partial charge in [0.15, 0.2) is 0 Å². The van der Waals surface area contributed by atoms with E-state index in [2.05, 4.69) is 0 Å². The average molecular weight is 185 g/mol. The average Bonchev–Trinajstić information content (AvgIpc) is 2.53. The lowest BCUT2D eigenvalue weighted by molar-refractivity contribution is -0.138. The molecule has 4 heteroatoms. The molecular formula is C8H11NO2S. The summed E-state index contributed by atoms with van der Waals surface area (Å²) in [7, 11) is 0. The molecule has 0 aromatic carbocycles. The van der Waals surface area contributed by atoms with Gasteiger partial charge >= 0.3 is 5.97 Å². The lowest BCUT2D eigenvalue weighted by Gasteiger charge is -2.13. The molecular weight excluding hydrogens is 174 g/mol. The molecule has 0 saturated carbocycles. The molecule has 2 unspecified atom stereocenters. The van der Waals surface area contributed by atoms with Crippen LogP contribution in [0.3, 0.4) is 0 Å². The smallest absolute Gasteiger partial charge is 0.321 e. The molecule has 3 nitrogen and oxygen atoms in total. The largest absolute Gasteiger partial charge is 0.480 e. The molecule has 0 saturated heterocycles. The van der Waals surface area contributed by atoms with Gasteiger partial charge in [0.1, 0.15) is 6.04 Å². The Morgan fingerprint density at radius 1 is 1.75 bits per heavy atom. The highest BCUT2D eigenvalue weighted by atomic mass is 32.1. The monoisotopic (exact) mass is 185 g/mol. The van der Waals surface area contributed by atoms with E-state index >= 15 is 0 Å². The number of carboxylic acid groups (broad SMARTS) is 1. The quantitative estimate of drug-likeness (QED) is 0.745. The first-order valence-electron chi connectivity index (χ1n) is 3.64. The number of aliphatic carboxylic acids is 1. The van der Waals surface area contributed by atoms with Crippen molar-refractivity contribution in [2.24, 2.45) is 5.73 Å². The van der Waals surface area contributed by atoms with Crippen molar-refractivity contribution in [3.63, 3.8) is 0 Å². The Balaban J connectivity index is 2.71. The summed E-state index contributed by atoms with van der Waals surface area (Å²) in [4.78, 5) is 11.5. The molecule has 2 atom stereocenters. The first kappa shape index (κ1) is 9.22. The van der Waals surface area contributed by atoms with Gasteiger partial charge in [-0.05, 0) is 11.4 Å². The minimum absolute atomic E-state index is 0.109. The molecule has 0 amide bonds. The number of nitrogens with two attached hydrogens (primary N) is 1. The summed E-state index contributed by atoms with van der Waals surface area (Å²) in [6.07, 6.45) is 0. The summed E-state index contributed by atoms with van der Waals surface area (Å²) in [6, 6.07) is 2.99. The summed E-state index contributed by atoms with van der Waals surface area (Å²) in [5.74, 6) is -1.06. The summed E-state index contributed by atoms with van der Waals surface area (Å²) in [5.41, 5.74) is 5.46. The van der Waals surface area contributed by atoms with Gasteiger partial charge in [0.25, 0.3) is 0 Å². The van der Waals surface area contributed by atoms with E-state index in [1.807, 2.05) is 24.4 Å². The molecule has 1 heterocycles. The van der Waals surface area contributed by atoms with Crippen LogP contribution in [0.2, 0.25) is 0 Å². The standard InChI is InChI=1S/C8H11NO2S/c1-5(7(9)8(10)11)6-3-2-4-12-6/h2-5,7H,9H2,1H3,(H,10,11). The Morgan fingerprint density at radius 2 is 2.42 bits per heavy atom. The highest BCUT2D eigenvalue weighted by Crippen LogP contribution is 2.22. The van der Waals surface area contributed by atoms with Crippen molar-refractivity contribution < 1.29 is 9.90 Å². The highest BCUT2D eigenvalue weighted by molar-refractivity contribution is 7.10. The maximum Gasteiger partial charge on any atom is 0.321 e. The molecule has 1 rings (SSSR count). The zero-order valence-corrected chi connectivity index (χ0v) is 7.54. The van der Waals surface area contributed by atoms with Crippen LogP contribution < -0.4 is 5.73 Å². The number of rotatable bonds is 3. The Morgan fingerprint density at radius 3 is 2.83 bits per heavy atom. The molecule has 0 aliphatic rings. The normalized spacial score (nSPS) is 15.5. The van der Waals surface area contributed by atoms with E-state index in [1.165, 1.54) is 11.3 Å². The van der Waals surface area contributed by atoms with E-state index in [9.17, 15) is 4.79 Å². The van der Waals surface area contributed by atoms with Gasteiger partial charge in [0.2, 0.25) is 0 Å². The second-order valence-electron chi connectivity index (χ2n) is 2.67. The van der Waals surface area contributed by atoms with Crippen LogP contribution in [0, 0.1) is 0 Å². The molecule has 0 spiro atoms. The number of hydrogen-bond acceptors (Lipinski definition) is 3. The van der Waals surface area contributed by atoms with E-state index in [1.54, 1.807) is 0 Å². The Bertz CT molecular complexity index is 258. The molecule has 0 radical (unpaired) electrons. The van der Waals surface area contributed by atoms with Crippen LogP contribution in [-0.4, -0.2) is 17.1 Å². The first-order valence-corrected chi connectivity index (χ1v) is 4.52. The van der Waals surface area contributed by atoms with Gasteiger partial charge in [0.05, 0.1) is 0 Å². The molecule has 0 aliphatic heterocycles. The minimum atomic E-state index is -0.948. The second kappa shape index (κ2) is 3.69. The lowest BCUT2D eigenvalue weighted by atomic mass is 10.0. The predicted molar refractivity (Wildman–Crippen MR) is 48.3 cm³/mol. The van der Waals surface area contributed by atoms with Crippen LogP contribution in [-0.2, 0) is 4.79 Å². The van der Waals surface area contributed by atoms with Crippen molar-refractivity contribution in [2.45, 2.75) is 18.9 Å². The molecule has 66 valence electrons. The van der Waals surface area contributed by atoms with Crippen molar-refractivity contribution in [3.05, 3.63) is 22.4 Å². The van der Waals surface area contributed by atoms with E-state index in [-0.39, 0.29) is 5.92 Å². The number of hydrogen-bond donors (Lipinski definition) is 2. The van der Waals surface area contributed by atoms with Crippen LogP contribution in [0.25, 0.3) is 0 Å². The third kappa shape index (κ3) is 1.84. The van der Waals surface area contributed by atoms with Gasteiger partial charge in [0, 0.05) is 10.8 Å². The molecule has 1 aromatic heterocycles.